The quantitative estimate of drug-likeness (QED) is 0.894. The number of nitrogens with zero attached hydrogens (tertiary/aromatic N) is 1. The average molecular weight is 304 g/mol. The second-order valence-electron chi connectivity index (χ2n) is 5.20. The highest BCUT2D eigenvalue weighted by atomic mass is 19.4. The first kappa shape index (κ1) is 16.9. The summed E-state index contributed by atoms with van der Waals surface area (Å²) in [6, 6.07) is 1.73. The molecule has 0 saturated carbocycles. The summed E-state index contributed by atoms with van der Waals surface area (Å²) in [5.41, 5.74) is -2.36. The minimum absolute atomic E-state index is 0.0239. The number of alkyl halides is 3. The molecule has 8 heteroatoms. The lowest BCUT2D eigenvalue weighted by Gasteiger charge is -2.19. The summed E-state index contributed by atoms with van der Waals surface area (Å²) in [7, 11) is 0. The Morgan fingerprint density at radius 3 is 2.29 bits per heavy atom. The van der Waals surface area contributed by atoms with Crippen LogP contribution in [-0.2, 0) is 11.0 Å². The SMILES string of the molecule is Cc1nc(C(F)(F)F)ccc1C(=O)NCC(C)(C)C(=O)O. The van der Waals surface area contributed by atoms with E-state index in [1.807, 2.05) is 0 Å². The van der Waals surface area contributed by atoms with Crippen LogP contribution in [-0.4, -0.2) is 28.5 Å². The molecule has 5 nitrogen and oxygen atoms in total. The second-order valence-corrected chi connectivity index (χ2v) is 5.20. The van der Waals surface area contributed by atoms with Gasteiger partial charge in [0.1, 0.15) is 5.69 Å². The smallest absolute Gasteiger partial charge is 0.433 e. The fourth-order valence-electron chi connectivity index (χ4n) is 1.43. The summed E-state index contributed by atoms with van der Waals surface area (Å²) in [6.07, 6.45) is -4.58. The van der Waals surface area contributed by atoms with E-state index in [2.05, 4.69) is 10.3 Å². The van der Waals surface area contributed by atoms with Gasteiger partial charge in [0.05, 0.1) is 16.7 Å². The summed E-state index contributed by atoms with van der Waals surface area (Å²) in [5.74, 6) is -1.76. The fraction of sp³-hybridized carbons (Fsp3) is 0.462. The predicted octanol–water partition coefficient (Wildman–Crippen LogP) is 2.25. The van der Waals surface area contributed by atoms with Crippen molar-refractivity contribution in [2.75, 3.05) is 6.54 Å². The van der Waals surface area contributed by atoms with Crippen LogP contribution in [0.4, 0.5) is 13.2 Å². The monoisotopic (exact) mass is 304 g/mol. The van der Waals surface area contributed by atoms with Gasteiger partial charge in [-0.2, -0.15) is 13.2 Å². The van der Waals surface area contributed by atoms with Crippen LogP contribution in [0.2, 0.25) is 0 Å². The van der Waals surface area contributed by atoms with Gasteiger partial charge in [0.2, 0.25) is 0 Å². The molecule has 2 N–H and O–H groups in total. The normalized spacial score (nSPS) is 12.1. The molecule has 0 aliphatic rings. The van der Waals surface area contributed by atoms with Gasteiger partial charge in [-0.3, -0.25) is 9.59 Å². The average Bonchev–Trinajstić information content (AvgIpc) is 2.34. The van der Waals surface area contributed by atoms with Crippen molar-refractivity contribution in [3.05, 3.63) is 29.1 Å². The Morgan fingerprint density at radius 1 is 1.29 bits per heavy atom. The number of hydrogen-bond donors (Lipinski definition) is 2. The highest BCUT2D eigenvalue weighted by Gasteiger charge is 2.33. The highest BCUT2D eigenvalue weighted by Crippen LogP contribution is 2.28. The Morgan fingerprint density at radius 2 is 1.86 bits per heavy atom. The van der Waals surface area contributed by atoms with E-state index < -0.39 is 29.2 Å². The first-order chi connectivity index (χ1) is 9.45. The number of amides is 1. The molecule has 0 aliphatic carbocycles. The molecule has 0 unspecified atom stereocenters. The van der Waals surface area contributed by atoms with Gasteiger partial charge in [-0.15, -0.1) is 0 Å². The molecule has 0 saturated heterocycles. The van der Waals surface area contributed by atoms with E-state index in [0.29, 0.717) is 6.07 Å². The molecule has 0 fully saturated rings. The van der Waals surface area contributed by atoms with Crippen molar-refractivity contribution in [1.82, 2.24) is 10.3 Å². The first-order valence-corrected chi connectivity index (χ1v) is 6.01. The van der Waals surface area contributed by atoms with Crippen molar-refractivity contribution in [3.63, 3.8) is 0 Å². The van der Waals surface area contributed by atoms with Crippen LogP contribution < -0.4 is 5.32 Å². The standard InChI is InChI=1S/C13H15F3N2O3/c1-7-8(4-5-9(18-7)13(14,15)16)10(19)17-6-12(2,3)11(20)21/h4-5H,6H2,1-3H3,(H,17,19)(H,20,21). The third-order valence-corrected chi connectivity index (χ3v) is 2.89. The zero-order valence-electron chi connectivity index (χ0n) is 11.7. The molecule has 0 aliphatic heterocycles. The maximum absolute atomic E-state index is 12.5. The van der Waals surface area contributed by atoms with Crippen LogP contribution in [0.1, 0.15) is 35.6 Å². The lowest BCUT2D eigenvalue weighted by molar-refractivity contribution is -0.146. The lowest BCUT2D eigenvalue weighted by Crippen LogP contribution is -2.39. The molecule has 0 atom stereocenters. The van der Waals surface area contributed by atoms with Crippen molar-refractivity contribution in [1.29, 1.82) is 0 Å². The Labute approximate surface area is 119 Å². The minimum Gasteiger partial charge on any atom is -0.481 e. The molecule has 21 heavy (non-hydrogen) atoms. The van der Waals surface area contributed by atoms with E-state index in [4.69, 9.17) is 5.11 Å². The number of aromatic nitrogens is 1. The predicted molar refractivity (Wildman–Crippen MR) is 67.7 cm³/mol. The number of aryl methyl sites for hydroxylation is 1. The number of pyridine rings is 1. The van der Waals surface area contributed by atoms with Crippen molar-refractivity contribution in [2.24, 2.45) is 5.41 Å². The molecule has 1 aromatic rings. The van der Waals surface area contributed by atoms with E-state index in [0.717, 1.165) is 6.07 Å². The van der Waals surface area contributed by atoms with Gasteiger partial charge in [-0.05, 0) is 32.9 Å². The number of carbonyl (C=O) groups is 2. The maximum Gasteiger partial charge on any atom is 0.433 e. The van der Waals surface area contributed by atoms with Gasteiger partial charge in [0.25, 0.3) is 5.91 Å². The van der Waals surface area contributed by atoms with Gasteiger partial charge in [0, 0.05) is 6.54 Å². The molecule has 116 valence electrons. The van der Waals surface area contributed by atoms with Crippen LogP contribution in [0.5, 0.6) is 0 Å². The number of nitrogens with one attached hydrogen (secondary N) is 1. The fourth-order valence-corrected chi connectivity index (χ4v) is 1.43. The molecular formula is C13H15F3N2O3. The second kappa shape index (κ2) is 5.71. The third-order valence-electron chi connectivity index (χ3n) is 2.89. The van der Waals surface area contributed by atoms with Gasteiger partial charge in [0.15, 0.2) is 0 Å². The number of aliphatic carboxylic acids is 1. The molecule has 1 amide bonds. The van der Waals surface area contributed by atoms with Crippen LogP contribution in [0.25, 0.3) is 0 Å². The van der Waals surface area contributed by atoms with E-state index in [1.165, 1.54) is 20.8 Å². The van der Waals surface area contributed by atoms with Crippen LogP contribution in [0, 0.1) is 12.3 Å². The van der Waals surface area contributed by atoms with Crippen LogP contribution >= 0.6 is 0 Å². The minimum atomic E-state index is -4.58. The largest absolute Gasteiger partial charge is 0.481 e. The molecule has 1 heterocycles. The van der Waals surface area contributed by atoms with Crippen LogP contribution in [0.3, 0.4) is 0 Å². The molecule has 0 radical (unpaired) electrons. The van der Waals surface area contributed by atoms with Crippen molar-refractivity contribution in [2.45, 2.75) is 26.9 Å². The number of halogens is 3. The first-order valence-electron chi connectivity index (χ1n) is 6.01. The number of rotatable bonds is 4. The highest BCUT2D eigenvalue weighted by molar-refractivity contribution is 5.95. The molecule has 1 rings (SSSR count). The Kier molecular flexibility index (Phi) is 4.60. The number of hydrogen-bond acceptors (Lipinski definition) is 3. The van der Waals surface area contributed by atoms with Crippen LogP contribution in [0.15, 0.2) is 12.1 Å². The number of carbonyl (C=O) groups excluding carboxylic acids is 1. The summed E-state index contributed by atoms with van der Waals surface area (Å²) < 4.78 is 37.4. The zero-order chi connectivity index (χ0) is 16.4. The van der Waals surface area contributed by atoms with Crippen molar-refractivity contribution in [3.8, 4) is 0 Å². The topological polar surface area (TPSA) is 79.3 Å². The Balaban J connectivity index is 2.88. The summed E-state index contributed by atoms with van der Waals surface area (Å²) in [4.78, 5) is 26.1. The molecular weight excluding hydrogens is 289 g/mol. The summed E-state index contributed by atoms with van der Waals surface area (Å²) >= 11 is 0. The maximum atomic E-state index is 12.5. The summed E-state index contributed by atoms with van der Waals surface area (Å²) in [5, 5.41) is 11.3. The molecule has 1 aromatic heterocycles. The van der Waals surface area contributed by atoms with E-state index in [9.17, 15) is 22.8 Å². The number of carboxylic acids is 1. The zero-order valence-corrected chi connectivity index (χ0v) is 11.7. The van der Waals surface area contributed by atoms with Gasteiger partial charge in [-0.1, -0.05) is 0 Å². The van der Waals surface area contributed by atoms with E-state index in [-0.39, 0.29) is 17.8 Å². The van der Waals surface area contributed by atoms with Gasteiger partial charge in [-0.25, -0.2) is 4.98 Å². The summed E-state index contributed by atoms with van der Waals surface area (Å²) in [6.45, 7) is 3.98. The van der Waals surface area contributed by atoms with Gasteiger partial charge >= 0.3 is 12.1 Å². The molecule has 0 aromatic carbocycles. The third kappa shape index (κ3) is 4.17. The van der Waals surface area contributed by atoms with E-state index in [1.54, 1.807) is 0 Å². The molecule has 0 spiro atoms. The Hall–Kier alpha value is -2.12. The number of carboxylic acid groups (broad SMARTS) is 1. The van der Waals surface area contributed by atoms with Gasteiger partial charge < -0.3 is 10.4 Å². The molecule has 0 bridgehead atoms. The Bertz CT molecular complexity index is 568. The lowest BCUT2D eigenvalue weighted by atomic mass is 9.94. The van der Waals surface area contributed by atoms with E-state index >= 15 is 0 Å². The van der Waals surface area contributed by atoms with Crippen molar-refractivity contribution >= 4 is 11.9 Å². The van der Waals surface area contributed by atoms with Crippen molar-refractivity contribution < 1.29 is 27.9 Å².